The fourth-order valence-electron chi connectivity index (χ4n) is 3.21. The Labute approximate surface area is 144 Å². The van der Waals surface area contributed by atoms with Crippen molar-refractivity contribution in [2.75, 3.05) is 11.4 Å². The van der Waals surface area contributed by atoms with Gasteiger partial charge in [0.2, 0.25) is 5.91 Å². The largest absolute Gasteiger partial charge is 0.347 e. The van der Waals surface area contributed by atoms with Gasteiger partial charge in [-0.15, -0.1) is 0 Å². The molecule has 1 aliphatic heterocycles. The third-order valence-corrected chi connectivity index (χ3v) is 4.39. The minimum Gasteiger partial charge on any atom is -0.347 e. The Morgan fingerprint density at radius 2 is 2.04 bits per heavy atom. The van der Waals surface area contributed by atoms with E-state index in [0.29, 0.717) is 18.5 Å². The van der Waals surface area contributed by atoms with Gasteiger partial charge >= 0.3 is 0 Å². The second-order valence-electron chi connectivity index (χ2n) is 6.27. The van der Waals surface area contributed by atoms with Gasteiger partial charge in [0.25, 0.3) is 5.91 Å². The van der Waals surface area contributed by atoms with Crippen LogP contribution in [0.4, 0.5) is 5.69 Å². The number of H-pyrrole nitrogens is 1. The van der Waals surface area contributed by atoms with Crippen molar-refractivity contribution in [1.82, 2.24) is 15.3 Å². The number of para-hydroxylation sites is 1. The lowest BCUT2D eigenvalue weighted by Gasteiger charge is -2.17. The highest BCUT2D eigenvalue weighted by molar-refractivity contribution is 6.00. The number of rotatable bonds is 3. The maximum Gasteiger partial charge on any atom is 0.251 e. The minimum atomic E-state index is -0.195. The van der Waals surface area contributed by atoms with Gasteiger partial charge in [0.05, 0.1) is 17.1 Å². The molecular formula is C19H18N4O2. The van der Waals surface area contributed by atoms with Crippen molar-refractivity contribution in [3.8, 4) is 0 Å². The maximum atomic E-state index is 12.5. The number of aromatic nitrogens is 2. The highest BCUT2D eigenvalue weighted by Crippen LogP contribution is 2.21. The number of carbonyl (C=O) groups is 2. The predicted molar refractivity (Wildman–Crippen MR) is 95.5 cm³/mol. The molecule has 2 amide bonds. The Bertz CT molecular complexity index is 948. The van der Waals surface area contributed by atoms with Crippen LogP contribution in [-0.2, 0) is 4.79 Å². The number of nitrogens with one attached hydrogen (secondary N) is 2. The van der Waals surface area contributed by atoms with E-state index < -0.39 is 0 Å². The smallest absolute Gasteiger partial charge is 0.251 e. The Hall–Kier alpha value is -3.15. The molecule has 2 aromatic carbocycles. The molecule has 25 heavy (non-hydrogen) atoms. The van der Waals surface area contributed by atoms with Gasteiger partial charge in [-0.1, -0.05) is 18.2 Å². The van der Waals surface area contributed by atoms with Crippen LogP contribution in [0, 0.1) is 6.92 Å². The summed E-state index contributed by atoms with van der Waals surface area (Å²) in [6.45, 7) is 2.36. The molecular weight excluding hydrogens is 316 g/mol. The molecule has 0 spiro atoms. The summed E-state index contributed by atoms with van der Waals surface area (Å²) in [4.78, 5) is 33.9. The van der Waals surface area contributed by atoms with Crippen LogP contribution in [0.1, 0.15) is 22.6 Å². The number of nitrogens with zero attached hydrogens (tertiary/aromatic N) is 2. The number of benzene rings is 2. The fraction of sp³-hybridized carbons (Fsp3) is 0.211. The SMILES string of the molecule is Cc1nc2ccc(C(=O)N[C@@H]3CC(=O)N(c4ccccc4)C3)cc2[nH]1. The van der Waals surface area contributed by atoms with Crippen molar-refractivity contribution in [3.05, 3.63) is 59.9 Å². The van der Waals surface area contributed by atoms with E-state index in [2.05, 4.69) is 15.3 Å². The molecule has 0 aliphatic carbocycles. The zero-order valence-corrected chi connectivity index (χ0v) is 13.8. The second-order valence-corrected chi connectivity index (χ2v) is 6.27. The monoisotopic (exact) mass is 334 g/mol. The van der Waals surface area contributed by atoms with Crippen molar-refractivity contribution in [2.45, 2.75) is 19.4 Å². The lowest BCUT2D eigenvalue weighted by molar-refractivity contribution is -0.117. The van der Waals surface area contributed by atoms with Gasteiger partial charge in [0, 0.05) is 24.2 Å². The normalized spacial score (nSPS) is 17.2. The lowest BCUT2D eigenvalue weighted by Crippen LogP contribution is -2.37. The average Bonchev–Trinajstić information content (AvgIpc) is 3.16. The first-order chi connectivity index (χ1) is 12.1. The standard InChI is InChI=1S/C19H18N4O2/c1-12-20-16-8-7-13(9-17(16)21-12)19(25)22-14-10-18(24)23(11-14)15-5-3-2-4-6-15/h2-9,14H,10-11H2,1H3,(H,20,21)(H,22,25)/t14-/m1/s1. The van der Waals surface area contributed by atoms with Crippen molar-refractivity contribution < 1.29 is 9.59 Å². The molecule has 0 saturated carbocycles. The number of aryl methyl sites for hydroxylation is 1. The first-order valence-electron chi connectivity index (χ1n) is 8.23. The Balaban J connectivity index is 1.48. The van der Waals surface area contributed by atoms with E-state index in [1.165, 1.54) is 0 Å². The molecule has 3 aromatic rings. The Morgan fingerprint density at radius 1 is 1.24 bits per heavy atom. The molecule has 1 atom stereocenters. The predicted octanol–water partition coefficient (Wildman–Crippen LogP) is 2.41. The molecule has 4 rings (SSSR count). The van der Waals surface area contributed by atoms with Crippen molar-refractivity contribution in [2.24, 2.45) is 0 Å². The summed E-state index contributed by atoms with van der Waals surface area (Å²) < 4.78 is 0. The highest BCUT2D eigenvalue weighted by Gasteiger charge is 2.31. The first-order valence-corrected chi connectivity index (χ1v) is 8.23. The molecule has 1 aromatic heterocycles. The van der Waals surface area contributed by atoms with E-state index in [9.17, 15) is 9.59 Å². The molecule has 0 bridgehead atoms. The van der Waals surface area contributed by atoms with Gasteiger partial charge < -0.3 is 15.2 Å². The highest BCUT2D eigenvalue weighted by atomic mass is 16.2. The van der Waals surface area contributed by atoms with Crippen LogP contribution < -0.4 is 10.2 Å². The molecule has 6 nitrogen and oxygen atoms in total. The quantitative estimate of drug-likeness (QED) is 0.772. The molecule has 2 heterocycles. The summed E-state index contributed by atoms with van der Waals surface area (Å²) in [6, 6.07) is 14.7. The molecule has 2 N–H and O–H groups in total. The number of fused-ring (bicyclic) bond motifs is 1. The van der Waals surface area contributed by atoms with Crippen LogP contribution in [0.2, 0.25) is 0 Å². The summed E-state index contributed by atoms with van der Waals surface area (Å²) in [5, 5.41) is 2.96. The summed E-state index contributed by atoms with van der Waals surface area (Å²) in [5.74, 6) is 0.658. The van der Waals surface area contributed by atoms with E-state index in [1.54, 1.807) is 17.0 Å². The third-order valence-electron chi connectivity index (χ3n) is 4.39. The number of imidazole rings is 1. The topological polar surface area (TPSA) is 78.1 Å². The first kappa shape index (κ1) is 15.4. The van der Waals surface area contributed by atoms with Crippen LogP contribution in [-0.4, -0.2) is 34.4 Å². The molecule has 1 fully saturated rings. The zero-order valence-electron chi connectivity index (χ0n) is 13.8. The van der Waals surface area contributed by atoms with E-state index in [4.69, 9.17) is 0 Å². The molecule has 0 unspecified atom stereocenters. The lowest BCUT2D eigenvalue weighted by atomic mass is 10.1. The molecule has 1 aliphatic rings. The Kier molecular flexibility index (Phi) is 3.72. The summed E-state index contributed by atoms with van der Waals surface area (Å²) in [5.41, 5.74) is 3.08. The van der Waals surface area contributed by atoms with Crippen LogP contribution >= 0.6 is 0 Å². The number of amides is 2. The van der Waals surface area contributed by atoms with Crippen LogP contribution in [0.25, 0.3) is 11.0 Å². The number of hydrogen-bond acceptors (Lipinski definition) is 3. The average molecular weight is 334 g/mol. The van der Waals surface area contributed by atoms with Crippen LogP contribution in [0.3, 0.4) is 0 Å². The van der Waals surface area contributed by atoms with Gasteiger partial charge in [-0.25, -0.2) is 4.98 Å². The number of aromatic amines is 1. The van der Waals surface area contributed by atoms with Crippen LogP contribution in [0.15, 0.2) is 48.5 Å². The number of hydrogen-bond donors (Lipinski definition) is 2. The van der Waals surface area contributed by atoms with Crippen molar-refractivity contribution in [3.63, 3.8) is 0 Å². The van der Waals surface area contributed by atoms with Gasteiger partial charge in [-0.2, -0.15) is 0 Å². The van der Waals surface area contributed by atoms with Gasteiger partial charge in [0.15, 0.2) is 0 Å². The third kappa shape index (κ3) is 2.98. The van der Waals surface area contributed by atoms with E-state index in [1.807, 2.05) is 43.3 Å². The number of anilines is 1. The van der Waals surface area contributed by atoms with Gasteiger partial charge in [0.1, 0.15) is 5.82 Å². The van der Waals surface area contributed by atoms with Gasteiger partial charge in [-0.05, 0) is 37.3 Å². The van der Waals surface area contributed by atoms with Gasteiger partial charge in [-0.3, -0.25) is 9.59 Å². The van der Waals surface area contributed by atoms with E-state index in [0.717, 1.165) is 22.5 Å². The maximum absolute atomic E-state index is 12.5. The Morgan fingerprint density at radius 3 is 2.84 bits per heavy atom. The summed E-state index contributed by atoms with van der Waals surface area (Å²) in [7, 11) is 0. The molecule has 126 valence electrons. The van der Waals surface area contributed by atoms with Crippen LogP contribution in [0.5, 0.6) is 0 Å². The minimum absolute atomic E-state index is 0.0242. The second kappa shape index (κ2) is 6.05. The zero-order chi connectivity index (χ0) is 17.4. The summed E-state index contributed by atoms with van der Waals surface area (Å²) >= 11 is 0. The van der Waals surface area contributed by atoms with E-state index in [-0.39, 0.29) is 17.9 Å². The molecule has 0 radical (unpaired) electrons. The molecule has 6 heteroatoms. The van der Waals surface area contributed by atoms with Crippen molar-refractivity contribution in [1.29, 1.82) is 0 Å². The van der Waals surface area contributed by atoms with Crippen molar-refractivity contribution >= 4 is 28.5 Å². The van der Waals surface area contributed by atoms with E-state index >= 15 is 0 Å². The summed E-state index contributed by atoms with van der Waals surface area (Å²) in [6.07, 6.45) is 0.312. The molecule has 1 saturated heterocycles. The fourth-order valence-corrected chi connectivity index (χ4v) is 3.21. The number of carbonyl (C=O) groups excluding carboxylic acids is 2.